The minimum Gasteiger partial charge on any atom is -0.306 e. The Kier molecular flexibility index (Phi) is 4.01. The van der Waals surface area contributed by atoms with Gasteiger partial charge < -0.3 is 9.47 Å². The van der Waals surface area contributed by atoms with Gasteiger partial charge in [-0.3, -0.25) is 0 Å². The van der Waals surface area contributed by atoms with E-state index in [-0.39, 0.29) is 0 Å². The van der Waals surface area contributed by atoms with Crippen LogP contribution in [0.3, 0.4) is 0 Å². The number of nitrogens with zero attached hydrogens (tertiary/aromatic N) is 2. The average molecular weight is 499 g/mol. The van der Waals surface area contributed by atoms with Gasteiger partial charge in [-0.25, -0.2) is 0 Å². The van der Waals surface area contributed by atoms with Gasteiger partial charge in [0, 0.05) is 16.2 Å². The van der Waals surface area contributed by atoms with Crippen molar-refractivity contribution in [2.75, 3.05) is 4.90 Å². The molecule has 9 rings (SSSR count). The highest BCUT2D eigenvalue weighted by Gasteiger charge is 2.29. The molecule has 8 aromatic rings. The molecule has 0 bridgehead atoms. The van der Waals surface area contributed by atoms with E-state index in [1.165, 1.54) is 82.4 Å². The van der Waals surface area contributed by atoms with Gasteiger partial charge in [0.05, 0.1) is 33.8 Å². The van der Waals surface area contributed by atoms with Crippen LogP contribution in [0.4, 0.5) is 17.1 Å². The molecule has 0 radical (unpaired) electrons. The van der Waals surface area contributed by atoms with Crippen LogP contribution < -0.4 is 4.90 Å². The van der Waals surface area contributed by atoms with E-state index in [0.717, 1.165) is 0 Å². The fraction of sp³-hybridized carbons (Fsp3) is 0.0811. The highest BCUT2D eigenvalue weighted by molar-refractivity contribution is 6.27. The first-order valence-corrected chi connectivity index (χ1v) is 13.8. The second-order valence-electron chi connectivity index (χ2n) is 11.2. The number of para-hydroxylation sites is 4. The summed E-state index contributed by atoms with van der Waals surface area (Å²) in [6.45, 7) is 4.55. The summed E-state index contributed by atoms with van der Waals surface area (Å²) in [5.41, 5.74) is 8.78. The van der Waals surface area contributed by atoms with Crippen molar-refractivity contribution in [3.8, 4) is 5.69 Å². The summed E-state index contributed by atoms with van der Waals surface area (Å²) in [7, 11) is 0. The van der Waals surface area contributed by atoms with E-state index >= 15 is 0 Å². The molecule has 0 saturated heterocycles. The van der Waals surface area contributed by atoms with Crippen molar-refractivity contribution in [2.45, 2.75) is 19.8 Å². The maximum Gasteiger partial charge on any atom is 0.0783 e. The first-order chi connectivity index (χ1) is 19.2. The lowest BCUT2D eigenvalue weighted by Crippen LogP contribution is -2.18. The Morgan fingerprint density at radius 3 is 2.00 bits per heavy atom. The highest BCUT2D eigenvalue weighted by atomic mass is 15.2. The third-order valence-electron chi connectivity index (χ3n) is 8.78. The maximum absolute atomic E-state index is 2.49. The molecule has 184 valence electrons. The molecule has 1 aliphatic heterocycles. The molecule has 0 fully saturated rings. The van der Waals surface area contributed by atoms with Crippen molar-refractivity contribution in [3.05, 3.63) is 121 Å². The van der Waals surface area contributed by atoms with E-state index in [1.54, 1.807) is 0 Å². The van der Waals surface area contributed by atoms with Gasteiger partial charge in [0.15, 0.2) is 0 Å². The lowest BCUT2D eigenvalue weighted by atomic mass is 9.89. The van der Waals surface area contributed by atoms with Gasteiger partial charge in [0.25, 0.3) is 0 Å². The molecule has 1 aromatic heterocycles. The number of rotatable bonds is 2. The van der Waals surface area contributed by atoms with E-state index < -0.39 is 0 Å². The summed E-state index contributed by atoms with van der Waals surface area (Å²) in [4.78, 5) is 2.49. The Morgan fingerprint density at radius 1 is 0.487 bits per heavy atom. The molecule has 7 aromatic carbocycles. The number of hydrogen-bond acceptors (Lipinski definition) is 1. The standard InChI is InChI=1S/C37H26N2/c1-22(2)26-20-24-15-14-23-17-19-31(29-18-16-25(21-26)35(24)36(23)29)38-32-11-5-6-12-33(32)39-30-10-4-3-8-27(30)28-9-7-13-34(38)37(28)39/h3-22H,1-2H3. The summed E-state index contributed by atoms with van der Waals surface area (Å²) in [6.07, 6.45) is 0. The average Bonchev–Trinajstić information content (AvgIpc) is 3.32. The first-order valence-electron chi connectivity index (χ1n) is 13.8. The normalized spacial score (nSPS) is 13.1. The molecule has 0 atom stereocenters. The zero-order chi connectivity index (χ0) is 25.8. The quantitative estimate of drug-likeness (QED) is 0.215. The molecule has 0 aliphatic carbocycles. The summed E-state index contributed by atoms with van der Waals surface area (Å²) in [5.74, 6) is 0.500. The number of aromatic nitrogens is 1. The van der Waals surface area contributed by atoms with Gasteiger partial charge in [-0.15, -0.1) is 0 Å². The summed E-state index contributed by atoms with van der Waals surface area (Å²) < 4.78 is 2.45. The summed E-state index contributed by atoms with van der Waals surface area (Å²) in [5, 5.41) is 10.5. The Labute approximate surface area is 226 Å². The summed E-state index contributed by atoms with van der Waals surface area (Å²) >= 11 is 0. The van der Waals surface area contributed by atoms with Gasteiger partial charge in [0.1, 0.15) is 0 Å². The molecular weight excluding hydrogens is 472 g/mol. The van der Waals surface area contributed by atoms with Crippen molar-refractivity contribution in [3.63, 3.8) is 0 Å². The minimum absolute atomic E-state index is 0.500. The predicted molar refractivity (Wildman–Crippen MR) is 167 cm³/mol. The fourth-order valence-electron chi connectivity index (χ4n) is 7.02. The number of anilines is 3. The van der Waals surface area contributed by atoms with Gasteiger partial charge >= 0.3 is 0 Å². The van der Waals surface area contributed by atoms with Crippen LogP contribution in [-0.4, -0.2) is 4.57 Å². The first kappa shape index (κ1) is 21.2. The number of benzene rings is 7. The molecule has 2 nitrogen and oxygen atoms in total. The Hall–Kier alpha value is -4.82. The molecule has 0 amide bonds. The number of fused-ring (bicyclic) bond motifs is 5. The Morgan fingerprint density at radius 2 is 1.15 bits per heavy atom. The second kappa shape index (κ2) is 7.39. The van der Waals surface area contributed by atoms with Crippen molar-refractivity contribution >= 4 is 71.2 Å². The van der Waals surface area contributed by atoms with E-state index in [1.807, 2.05) is 0 Å². The topological polar surface area (TPSA) is 8.17 Å². The Bertz CT molecular complexity index is 2250. The van der Waals surface area contributed by atoms with E-state index in [0.29, 0.717) is 5.92 Å². The van der Waals surface area contributed by atoms with E-state index in [2.05, 4.69) is 139 Å². The third kappa shape index (κ3) is 2.66. The molecule has 2 heteroatoms. The minimum atomic E-state index is 0.500. The lowest BCUT2D eigenvalue weighted by Gasteiger charge is -2.34. The summed E-state index contributed by atoms with van der Waals surface area (Å²) in [6, 6.07) is 43.0. The van der Waals surface area contributed by atoms with Crippen LogP contribution in [0.25, 0.3) is 59.8 Å². The van der Waals surface area contributed by atoms with Crippen LogP contribution in [0, 0.1) is 0 Å². The van der Waals surface area contributed by atoms with Crippen molar-refractivity contribution in [2.24, 2.45) is 0 Å². The number of hydrogen-bond donors (Lipinski definition) is 0. The van der Waals surface area contributed by atoms with Crippen molar-refractivity contribution in [1.29, 1.82) is 0 Å². The molecule has 0 N–H and O–H groups in total. The molecule has 39 heavy (non-hydrogen) atoms. The molecule has 0 unspecified atom stereocenters. The van der Waals surface area contributed by atoms with Crippen molar-refractivity contribution < 1.29 is 0 Å². The molecule has 0 spiro atoms. The zero-order valence-corrected chi connectivity index (χ0v) is 21.9. The van der Waals surface area contributed by atoms with Crippen molar-refractivity contribution in [1.82, 2.24) is 4.57 Å². The van der Waals surface area contributed by atoms with Crippen LogP contribution >= 0.6 is 0 Å². The van der Waals surface area contributed by atoms with Gasteiger partial charge in [-0.1, -0.05) is 98.8 Å². The van der Waals surface area contributed by atoms with Crippen LogP contribution in [0.5, 0.6) is 0 Å². The van der Waals surface area contributed by atoms with Crippen LogP contribution in [-0.2, 0) is 0 Å². The largest absolute Gasteiger partial charge is 0.306 e. The monoisotopic (exact) mass is 498 g/mol. The van der Waals surface area contributed by atoms with Crippen LogP contribution in [0.2, 0.25) is 0 Å². The van der Waals surface area contributed by atoms with Crippen LogP contribution in [0.1, 0.15) is 25.3 Å². The zero-order valence-electron chi connectivity index (χ0n) is 21.9. The fourth-order valence-corrected chi connectivity index (χ4v) is 7.02. The molecule has 1 aliphatic rings. The van der Waals surface area contributed by atoms with E-state index in [9.17, 15) is 0 Å². The van der Waals surface area contributed by atoms with Crippen LogP contribution in [0.15, 0.2) is 115 Å². The third-order valence-corrected chi connectivity index (χ3v) is 8.78. The molecule has 0 saturated carbocycles. The lowest BCUT2D eigenvalue weighted by molar-refractivity contribution is 0.870. The second-order valence-corrected chi connectivity index (χ2v) is 11.2. The van der Waals surface area contributed by atoms with E-state index in [4.69, 9.17) is 0 Å². The van der Waals surface area contributed by atoms with Gasteiger partial charge in [-0.2, -0.15) is 0 Å². The maximum atomic E-state index is 2.49. The van der Waals surface area contributed by atoms with Gasteiger partial charge in [0.2, 0.25) is 0 Å². The van der Waals surface area contributed by atoms with Gasteiger partial charge in [-0.05, 0) is 68.7 Å². The molecular formula is C37H26N2. The highest BCUT2D eigenvalue weighted by Crippen LogP contribution is 2.51. The predicted octanol–water partition coefficient (Wildman–Crippen LogP) is 10.6. The molecule has 2 heterocycles. The smallest absolute Gasteiger partial charge is 0.0783 e. The Balaban J connectivity index is 1.42. The SMILES string of the molecule is CC(C)c1cc2ccc3ccc(N4c5ccccc5-n5c6ccccc6c6cccc4c65)c4ccc(c1)c2c34.